The van der Waals surface area contributed by atoms with Gasteiger partial charge in [0.1, 0.15) is 0 Å². The Morgan fingerprint density at radius 1 is 1.60 bits per heavy atom. The number of nitrogens with one attached hydrogen (secondary N) is 1. The van der Waals surface area contributed by atoms with Crippen molar-refractivity contribution >= 4 is 27.3 Å². The van der Waals surface area contributed by atoms with Crippen molar-refractivity contribution in [3.63, 3.8) is 0 Å². The van der Waals surface area contributed by atoms with E-state index in [0.717, 1.165) is 15.9 Å². The number of aromatic nitrogens is 2. The van der Waals surface area contributed by atoms with Crippen molar-refractivity contribution < 1.29 is 4.52 Å². The standard InChI is InChI=1S/C9H10BrN3OS/c1-2-11-4-8-12-9(13-14-8)7-3-6(10)5-15-7/h3,5,11H,2,4H2,1H3. The monoisotopic (exact) mass is 287 g/mol. The van der Waals surface area contributed by atoms with E-state index in [0.29, 0.717) is 18.3 Å². The van der Waals surface area contributed by atoms with E-state index in [1.807, 2.05) is 18.4 Å². The van der Waals surface area contributed by atoms with Gasteiger partial charge in [-0.15, -0.1) is 11.3 Å². The molecular weight excluding hydrogens is 278 g/mol. The molecule has 0 aromatic carbocycles. The van der Waals surface area contributed by atoms with Gasteiger partial charge < -0.3 is 9.84 Å². The number of thiophene rings is 1. The summed E-state index contributed by atoms with van der Waals surface area (Å²) in [5, 5.41) is 9.04. The highest BCUT2D eigenvalue weighted by Crippen LogP contribution is 2.27. The van der Waals surface area contributed by atoms with E-state index >= 15 is 0 Å². The van der Waals surface area contributed by atoms with Gasteiger partial charge >= 0.3 is 0 Å². The normalized spacial score (nSPS) is 10.8. The molecule has 0 saturated carbocycles. The van der Waals surface area contributed by atoms with Gasteiger partial charge in [-0.2, -0.15) is 4.98 Å². The third-order valence-electron chi connectivity index (χ3n) is 1.78. The quantitative estimate of drug-likeness (QED) is 0.939. The van der Waals surface area contributed by atoms with Crippen LogP contribution in [0.25, 0.3) is 10.7 Å². The van der Waals surface area contributed by atoms with Gasteiger partial charge in [0.05, 0.1) is 11.4 Å². The summed E-state index contributed by atoms with van der Waals surface area (Å²) in [7, 11) is 0. The molecule has 0 unspecified atom stereocenters. The lowest BCUT2D eigenvalue weighted by atomic mass is 10.4. The molecule has 0 aliphatic carbocycles. The Hall–Kier alpha value is -0.720. The number of nitrogens with zero attached hydrogens (tertiary/aromatic N) is 2. The van der Waals surface area contributed by atoms with E-state index in [9.17, 15) is 0 Å². The summed E-state index contributed by atoms with van der Waals surface area (Å²) < 4.78 is 6.14. The third-order valence-corrected chi connectivity index (χ3v) is 3.47. The minimum absolute atomic E-state index is 0.621. The van der Waals surface area contributed by atoms with Crippen LogP contribution in [0.1, 0.15) is 12.8 Å². The zero-order valence-electron chi connectivity index (χ0n) is 8.16. The van der Waals surface area contributed by atoms with E-state index in [4.69, 9.17) is 4.52 Å². The molecule has 0 spiro atoms. The molecule has 0 aliphatic rings. The largest absolute Gasteiger partial charge is 0.338 e. The smallest absolute Gasteiger partial charge is 0.240 e. The summed E-state index contributed by atoms with van der Waals surface area (Å²) in [6.45, 7) is 3.55. The fraction of sp³-hybridized carbons (Fsp3) is 0.333. The van der Waals surface area contributed by atoms with Gasteiger partial charge in [-0.25, -0.2) is 0 Å². The van der Waals surface area contributed by atoms with Crippen molar-refractivity contribution in [1.82, 2.24) is 15.5 Å². The Morgan fingerprint density at radius 3 is 3.13 bits per heavy atom. The topological polar surface area (TPSA) is 51.0 Å². The van der Waals surface area contributed by atoms with Crippen LogP contribution in [0.3, 0.4) is 0 Å². The van der Waals surface area contributed by atoms with E-state index < -0.39 is 0 Å². The average molecular weight is 288 g/mol. The molecule has 0 bridgehead atoms. The fourth-order valence-corrected chi connectivity index (χ4v) is 2.44. The first kappa shape index (κ1) is 10.8. The molecular formula is C9H10BrN3OS. The van der Waals surface area contributed by atoms with Crippen molar-refractivity contribution in [2.45, 2.75) is 13.5 Å². The molecule has 2 aromatic rings. The molecule has 2 rings (SSSR count). The van der Waals surface area contributed by atoms with Crippen LogP contribution in [0.4, 0.5) is 0 Å². The lowest BCUT2D eigenvalue weighted by Gasteiger charge is -1.92. The molecule has 4 nitrogen and oxygen atoms in total. The van der Waals surface area contributed by atoms with Crippen LogP contribution in [0.15, 0.2) is 20.4 Å². The fourth-order valence-electron chi connectivity index (χ4n) is 1.09. The van der Waals surface area contributed by atoms with Crippen LogP contribution in [0, 0.1) is 0 Å². The molecule has 0 radical (unpaired) electrons. The van der Waals surface area contributed by atoms with Gasteiger partial charge in [0.15, 0.2) is 0 Å². The van der Waals surface area contributed by atoms with Crippen LogP contribution in [-0.2, 0) is 6.54 Å². The summed E-state index contributed by atoms with van der Waals surface area (Å²) in [5.74, 6) is 1.27. The second kappa shape index (κ2) is 4.87. The number of hydrogen-bond acceptors (Lipinski definition) is 5. The molecule has 0 fully saturated rings. The van der Waals surface area contributed by atoms with Crippen LogP contribution in [-0.4, -0.2) is 16.7 Å². The number of rotatable bonds is 4. The van der Waals surface area contributed by atoms with Gasteiger partial charge in [-0.05, 0) is 28.5 Å². The third kappa shape index (κ3) is 2.64. The van der Waals surface area contributed by atoms with Gasteiger partial charge in [0.2, 0.25) is 11.7 Å². The van der Waals surface area contributed by atoms with Gasteiger partial charge in [0, 0.05) is 9.85 Å². The highest BCUT2D eigenvalue weighted by Gasteiger charge is 2.09. The average Bonchev–Trinajstić information content (AvgIpc) is 2.83. The van der Waals surface area contributed by atoms with Gasteiger partial charge in [-0.1, -0.05) is 12.1 Å². The molecule has 15 heavy (non-hydrogen) atoms. The van der Waals surface area contributed by atoms with Crippen molar-refractivity contribution in [2.24, 2.45) is 0 Å². The highest BCUT2D eigenvalue weighted by molar-refractivity contribution is 9.10. The SMILES string of the molecule is CCNCc1nc(-c2cc(Br)cs2)no1. The van der Waals surface area contributed by atoms with Crippen molar-refractivity contribution in [2.75, 3.05) is 6.54 Å². The minimum atomic E-state index is 0.621. The van der Waals surface area contributed by atoms with E-state index in [1.165, 1.54) is 0 Å². The van der Waals surface area contributed by atoms with Crippen molar-refractivity contribution in [3.05, 3.63) is 21.8 Å². The second-order valence-corrected chi connectivity index (χ2v) is 4.75. The Labute approximate surface area is 99.8 Å². The van der Waals surface area contributed by atoms with Crippen LogP contribution in [0.2, 0.25) is 0 Å². The van der Waals surface area contributed by atoms with Crippen LogP contribution in [0.5, 0.6) is 0 Å². The summed E-state index contributed by atoms with van der Waals surface area (Å²) in [6, 6.07) is 1.98. The predicted molar refractivity (Wildman–Crippen MR) is 62.7 cm³/mol. The lowest BCUT2D eigenvalue weighted by molar-refractivity contribution is 0.369. The minimum Gasteiger partial charge on any atom is -0.338 e. The molecule has 1 N–H and O–H groups in total. The molecule has 2 heterocycles. The molecule has 2 aromatic heterocycles. The maximum atomic E-state index is 5.10. The maximum Gasteiger partial charge on any atom is 0.240 e. The Bertz CT molecular complexity index is 440. The van der Waals surface area contributed by atoms with Gasteiger partial charge in [0.25, 0.3) is 0 Å². The Kier molecular flexibility index (Phi) is 3.50. The number of hydrogen-bond donors (Lipinski definition) is 1. The summed E-state index contributed by atoms with van der Waals surface area (Å²) in [4.78, 5) is 5.29. The van der Waals surface area contributed by atoms with Crippen molar-refractivity contribution in [3.8, 4) is 10.7 Å². The molecule has 6 heteroatoms. The van der Waals surface area contributed by atoms with Crippen LogP contribution < -0.4 is 5.32 Å². The summed E-state index contributed by atoms with van der Waals surface area (Å²) in [6.07, 6.45) is 0. The molecule has 80 valence electrons. The first-order chi connectivity index (χ1) is 7.29. The molecule has 0 aliphatic heterocycles. The Balaban J connectivity index is 2.13. The number of halogens is 1. The first-order valence-corrected chi connectivity index (χ1v) is 6.24. The Morgan fingerprint density at radius 2 is 2.47 bits per heavy atom. The van der Waals surface area contributed by atoms with Crippen LogP contribution >= 0.6 is 27.3 Å². The van der Waals surface area contributed by atoms with Gasteiger partial charge in [-0.3, -0.25) is 0 Å². The van der Waals surface area contributed by atoms with Crippen molar-refractivity contribution in [1.29, 1.82) is 0 Å². The van der Waals surface area contributed by atoms with E-state index in [-0.39, 0.29) is 0 Å². The maximum absolute atomic E-state index is 5.10. The molecule has 0 atom stereocenters. The predicted octanol–water partition coefficient (Wildman–Crippen LogP) is 2.67. The van der Waals surface area contributed by atoms with E-state index in [2.05, 4.69) is 31.4 Å². The lowest BCUT2D eigenvalue weighted by Crippen LogP contribution is -2.11. The zero-order valence-corrected chi connectivity index (χ0v) is 10.6. The molecule has 0 saturated heterocycles. The summed E-state index contributed by atoms with van der Waals surface area (Å²) in [5.41, 5.74) is 0. The second-order valence-electron chi connectivity index (χ2n) is 2.92. The molecule has 0 amide bonds. The zero-order chi connectivity index (χ0) is 10.7. The van der Waals surface area contributed by atoms with E-state index in [1.54, 1.807) is 11.3 Å². The first-order valence-electron chi connectivity index (χ1n) is 4.57. The summed E-state index contributed by atoms with van der Waals surface area (Å²) >= 11 is 4.98. The highest BCUT2D eigenvalue weighted by atomic mass is 79.9.